The molecule has 14 heavy (non-hydrogen) atoms. The van der Waals surface area contributed by atoms with Gasteiger partial charge in [0.25, 0.3) is 5.91 Å². The Morgan fingerprint density at radius 3 is 2.93 bits per heavy atom. The Bertz CT molecular complexity index is 532. The van der Waals surface area contributed by atoms with Crippen LogP contribution in [0.2, 0.25) is 0 Å². The number of benzene rings is 1. The van der Waals surface area contributed by atoms with Crippen LogP contribution in [0.3, 0.4) is 0 Å². The standard InChI is InChI=1S/C8H7BrN2O2S/c1-14(13)10-7-3-2-5(9)4-6(7)8(12)11-14/h2-4H,1H3,(H,10,11,12,13). The Kier molecular flexibility index (Phi) is 2.11. The molecule has 1 heterocycles. The Balaban J connectivity index is 2.73. The first-order valence-corrected chi connectivity index (χ1v) is 6.53. The van der Waals surface area contributed by atoms with Gasteiger partial charge < -0.3 is 0 Å². The molecule has 0 radical (unpaired) electrons. The van der Waals surface area contributed by atoms with Crippen molar-refractivity contribution in [2.24, 2.45) is 4.36 Å². The summed E-state index contributed by atoms with van der Waals surface area (Å²) in [6.07, 6.45) is 1.40. The monoisotopic (exact) mass is 274 g/mol. The highest BCUT2D eigenvalue weighted by atomic mass is 79.9. The zero-order valence-electron chi connectivity index (χ0n) is 7.28. The van der Waals surface area contributed by atoms with Crippen LogP contribution in [0.25, 0.3) is 0 Å². The molecule has 2 rings (SSSR count). The number of hydrogen-bond donors (Lipinski definition) is 1. The van der Waals surface area contributed by atoms with E-state index in [1.807, 2.05) is 0 Å². The van der Waals surface area contributed by atoms with Crippen molar-refractivity contribution in [1.29, 1.82) is 0 Å². The molecular weight excluding hydrogens is 268 g/mol. The summed E-state index contributed by atoms with van der Waals surface area (Å²) in [6, 6.07) is 5.08. The third-order valence-electron chi connectivity index (χ3n) is 1.76. The largest absolute Gasteiger partial charge is 0.268 e. The van der Waals surface area contributed by atoms with Crippen LogP contribution < -0.4 is 4.72 Å². The minimum atomic E-state index is -2.60. The Morgan fingerprint density at radius 1 is 1.50 bits per heavy atom. The minimum Gasteiger partial charge on any atom is -0.268 e. The molecule has 1 N–H and O–H groups in total. The van der Waals surface area contributed by atoms with Gasteiger partial charge >= 0.3 is 0 Å². The van der Waals surface area contributed by atoms with E-state index in [1.165, 1.54) is 6.26 Å². The Morgan fingerprint density at radius 2 is 2.21 bits per heavy atom. The lowest BCUT2D eigenvalue weighted by molar-refractivity contribution is 0.0982. The van der Waals surface area contributed by atoms with Crippen molar-refractivity contribution in [3.63, 3.8) is 0 Å². The average Bonchev–Trinajstić information content (AvgIpc) is 2.05. The second kappa shape index (κ2) is 3.06. The first-order chi connectivity index (χ1) is 6.48. The topological polar surface area (TPSA) is 58.5 Å². The number of carbonyl (C=O) groups is 1. The third kappa shape index (κ3) is 1.67. The maximum absolute atomic E-state index is 11.6. The molecule has 0 aromatic heterocycles. The zero-order chi connectivity index (χ0) is 10.3. The fraction of sp³-hybridized carbons (Fsp3) is 0.125. The van der Waals surface area contributed by atoms with Crippen molar-refractivity contribution < 1.29 is 9.00 Å². The molecule has 1 unspecified atom stereocenters. The highest BCUT2D eigenvalue weighted by Gasteiger charge is 2.20. The van der Waals surface area contributed by atoms with Crippen LogP contribution in [-0.2, 0) is 9.92 Å². The predicted octanol–water partition coefficient (Wildman–Crippen LogP) is 1.84. The summed E-state index contributed by atoms with van der Waals surface area (Å²) in [5, 5.41) is 0. The summed E-state index contributed by atoms with van der Waals surface area (Å²) in [7, 11) is -2.60. The molecule has 0 fully saturated rings. The van der Waals surface area contributed by atoms with E-state index in [0.29, 0.717) is 11.3 Å². The van der Waals surface area contributed by atoms with Crippen molar-refractivity contribution in [3.8, 4) is 0 Å². The first kappa shape index (κ1) is 9.67. The summed E-state index contributed by atoms with van der Waals surface area (Å²) >= 11 is 3.25. The molecule has 74 valence electrons. The maximum Gasteiger partial charge on any atom is 0.265 e. The SMILES string of the molecule is CS1(=O)=Nc2ccc(Br)cc2C(=O)N1. The number of fused-ring (bicyclic) bond motifs is 1. The second-order valence-electron chi connectivity index (χ2n) is 2.99. The van der Waals surface area contributed by atoms with Crippen molar-refractivity contribution in [1.82, 2.24) is 4.72 Å². The predicted molar refractivity (Wildman–Crippen MR) is 57.8 cm³/mol. The van der Waals surface area contributed by atoms with Gasteiger partial charge in [-0.1, -0.05) is 15.9 Å². The summed E-state index contributed by atoms with van der Waals surface area (Å²) in [6.45, 7) is 0. The number of halogens is 1. The van der Waals surface area contributed by atoms with E-state index in [4.69, 9.17) is 0 Å². The molecule has 1 aromatic carbocycles. The zero-order valence-corrected chi connectivity index (χ0v) is 9.68. The lowest BCUT2D eigenvalue weighted by Gasteiger charge is -2.15. The maximum atomic E-state index is 11.6. The molecular formula is C8H7BrN2O2S. The fourth-order valence-corrected chi connectivity index (χ4v) is 2.60. The quantitative estimate of drug-likeness (QED) is 0.785. The lowest BCUT2D eigenvalue weighted by atomic mass is 10.2. The number of rotatable bonds is 0. The molecule has 1 aliphatic heterocycles. The smallest absolute Gasteiger partial charge is 0.265 e. The molecule has 1 amide bonds. The molecule has 0 spiro atoms. The first-order valence-electron chi connectivity index (χ1n) is 3.82. The van der Waals surface area contributed by atoms with Gasteiger partial charge in [-0.15, -0.1) is 0 Å². The summed E-state index contributed by atoms with van der Waals surface area (Å²) in [5.74, 6) is -0.344. The summed E-state index contributed by atoms with van der Waals surface area (Å²) in [5.41, 5.74) is 0.921. The van der Waals surface area contributed by atoms with Crippen molar-refractivity contribution in [2.45, 2.75) is 0 Å². The van der Waals surface area contributed by atoms with Gasteiger partial charge in [0.15, 0.2) is 0 Å². The Labute approximate surface area is 90.1 Å². The molecule has 6 heteroatoms. The number of amides is 1. The number of hydrogen-bond acceptors (Lipinski definition) is 3. The highest BCUT2D eigenvalue weighted by molar-refractivity contribution is 9.10. The van der Waals surface area contributed by atoms with Crippen molar-refractivity contribution >= 4 is 37.4 Å². The summed E-state index contributed by atoms with van der Waals surface area (Å²) < 4.78 is 18.6. The van der Waals surface area contributed by atoms with Crippen molar-refractivity contribution in [3.05, 3.63) is 28.2 Å². The van der Waals surface area contributed by atoms with Gasteiger partial charge in [-0.05, 0) is 18.2 Å². The van der Waals surface area contributed by atoms with Crippen molar-refractivity contribution in [2.75, 3.05) is 6.26 Å². The normalized spacial score (nSPS) is 24.9. The van der Waals surface area contributed by atoms with Crippen LogP contribution in [0.1, 0.15) is 10.4 Å². The van der Waals surface area contributed by atoms with Gasteiger partial charge in [0.2, 0.25) is 0 Å². The number of nitrogens with zero attached hydrogens (tertiary/aromatic N) is 1. The molecule has 1 aliphatic rings. The third-order valence-corrected chi connectivity index (χ3v) is 3.36. The van der Waals surface area contributed by atoms with E-state index in [9.17, 15) is 9.00 Å². The van der Waals surface area contributed by atoms with E-state index >= 15 is 0 Å². The molecule has 1 aromatic rings. The van der Waals surface area contributed by atoms with E-state index in [-0.39, 0.29) is 5.91 Å². The van der Waals surface area contributed by atoms with E-state index in [0.717, 1.165) is 4.47 Å². The summed E-state index contributed by atoms with van der Waals surface area (Å²) in [4.78, 5) is 11.5. The molecule has 0 bridgehead atoms. The molecule has 4 nitrogen and oxygen atoms in total. The molecule has 0 aliphatic carbocycles. The molecule has 0 saturated carbocycles. The minimum absolute atomic E-state index is 0.344. The van der Waals surface area contributed by atoms with Gasteiger partial charge in [0, 0.05) is 10.7 Å². The number of nitrogens with one attached hydrogen (secondary N) is 1. The fourth-order valence-electron chi connectivity index (χ4n) is 1.21. The van der Waals surface area contributed by atoms with E-state index in [2.05, 4.69) is 25.0 Å². The molecule has 0 saturated heterocycles. The van der Waals surface area contributed by atoms with Gasteiger partial charge in [0.1, 0.15) is 9.92 Å². The van der Waals surface area contributed by atoms with Gasteiger partial charge in [-0.3, -0.25) is 9.52 Å². The lowest BCUT2D eigenvalue weighted by Crippen LogP contribution is -2.31. The van der Waals surface area contributed by atoms with Crippen LogP contribution in [0.4, 0.5) is 5.69 Å². The van der Waals surface area contributed by atoms with E-state index in [1.54, 1.807) is 18.2 Å². The van der Waals surface area contributed by atoms with Crippen LogP contribution in [0.5, 0.6) is 0 Å². The molecule has 1 atom stereocenters. The van der Waals surface area contributed by atoms with Crippen LogP contribution in [0.15, 0.2) is 27.0 Å². The van der Waals surface area contributed by atoms with Gasteiger partial charge in [0.05, 0.1) is 11.3 Å². The van der Waals surface area contributed by atoms with Crippen LogP contribution >= 0.6 is 15.9 Å². The van der Waals surface area contributed by atoms with Gasteiger partial charge in [-0.2, -0.15) is 4.36 Å². The Hall–Kier alpha value is -0.880. The van der Waals surface area contributed by atoms with Crippen LogP contribution in [-0.4, -0.2) is 16.4 Å². The van der Waals surface area contributed by atoms with E-state index < -0.39 is 9.92 Å². The van der Waals surface area contributed by atoms with Gasteiger partial charge in [-0.25, -0.2) is 4.21 Å². The second-order valence-corrected chi connectivity index (χ2v) is 5.89. The number of carbonyl (C=O) groups excluding carboxylic acids is 1. The highest BCUT2D eigenvalue weighted by Crippen LogP contribution is 2.27. The van der Waals surface area contributed by atoms with Crippen LogP contribution in [0, 0.1) is 0 Å². The average molecular weight is 275 g/mol.